The van der Waals surface area contributed by atoms with Gasteiger partial charge in [0.15, 0.2) is 11.5 Å². The van der Waals surface area contributed by atoms with Gasteiger partial charge < -0.3 is 19.1 Å². The molecule has 142 valence electrons. The minimum Gasteiger partial charge on any atom is -0.493 e. The lowest BCUT2D eigenvalue weighted by Crippen LogP contribution is -3.14. The van der Waals surface area contributed by atoms with Crippen molar-refractivity contribution in [3.63, 3.8) is 0 Å². The van der Waals surface area contributed by atoms with E-state index in [2.05, 4.69) is 23.7 Å². The van der Waals surface area contributed by atoms with E-state index in [-0.39, 0.29) is 0 Å². The molecule has 1 N–H and O–H groups in total. The highest BCUT2D eigenvalue weighted by molar-refractivity contribution is 5.91. The van der Waals surface area contributed by atoms with E-state index in [0.717, 1.165) is 38.4 Å². The Labute approximate surface area is 165 Å². The summed E-state index contributed by atoms with van der Waals surface area (Å²) in [6, 6.07) is 14.0. The van der Waals surface area contributed by atoms with Crippen molar-refractivity contribution in [2.75, 3.05) is 40.0 Å². The Morgan fingerprint density at radius 3 is 2.61 bits per heavy atom. The Morgan fingerprint density at radius 1 is 1.07 bits per heavy atom. The summed E-state index contributed by atoms with van der Waals surface area (Å²) < 4.78 is 16.1. The zero-order valence-corrected chi connectivity index (χ0v) is 15.8. The second-order valence-corrected chi connectivity index (χ2v) is 6.21. The summed E-state index contributed by atoms with van der Waals surface area (Å²) in [6.07, 6.45) is 0. The fourth-order valence-corrected chi connectivity index (χ4v) is 2.72. The average Bonchev–Trinajstić information content (AvgIpc) is 2.75. The van der Waals surface area contributed by atoms with Gasteiger partial charge in [0.25, 0.3) is 0 Å². The van der Waals surface area contributed by atoms with Gasteiger partial charge in [-0.2, -0.15) is 0 Å². The van der Waals surface area contributed by atoms with Crippen LogP contribution in [0.1, 0.15) is 15.9 Å². The Bertz CT molecular complexity index is 926. The molecule has 1 fully saturated rings. The van der Waals surface area contributed by atoms with Crippen molar-refractivity contribution in [1.29, 1.82) is 0 Å². The first-order chi connectivity index (χ1) is 13.8. The Kier molecular flexibility index (Phi) is 7.09. The van der Waals surface area contributed by atoms with Crippen molar-refractivity contribution in [2.24, 2.45) is 0 Å². The Hall–Kier alpha value is -3.25. The molecular weight excluding hydrogens is 354 g/mol. The van der Waals surface area contributed by atoms with Gasteiger partial charge in [-0.25, -0.2) is 4.79 Å². The summed E-state index contributed by atoms with van der Waals surface area (Å²) in [5.74, 6) is 12.2. The minimum atomic E-state index is -0.436. The number of esters is 1. The molecule has 28 heavy (non-hydrogen) atoms. The molecule has 3 rings (SSSR count). The number of ether oxygens (including phenoxy) is 3. The minimum absolute atomic E-state index is 0.351. The summed E-state index contributed by atoms with van der Waals surface area (Å²) in [5.41, 5.74) is 1.22. The van der Waals surface area contributed by atoms with Crippen LogP contribution in [-0.2, 0) is 4.74 Å². The van der Waals surface area contributed by atoms with Crippen LogP contribution in [0, 0.1) is 23.7 Å². The van der Waals surface area contributed by atoms with Crippen LogP contribution >= 0.6 is 0 Å². The van der Waals surface area contributed by atoms with E-state index < -0.39 is 5.97 Å². The van der Waals surface area contributed by atoms with Gasteiger partial charge in [-0.1, -0.05) is 24.1 Å². The van der Waals surface area contributed by atoms with Crippen LogP contribution in [0.25, 0.3) is 0 Å². The monoisotopic (exact) mass is 376 g/mol. The van der Waals surface area contributed by atoms with Crippen molar-refractivity contribution in [3.8, 4) is 35.2 Å². The van der Waals surface area contributed by atoms with Gasteiger partial charge in [0.05, 0.1) is 25.9 Å². The average molecular weight is 376 g/mol. The van der Waals surface area contributed by atoms with E-state index >= 15 is 0 Å². The third-order valence-corrected chi connectivity index (χ3v) is 4.27. The topological polar surface area (TPSA) is 49.2 Å². The van der Waals surface area contributed by atoms with Crippen LogP contribution in [0.5, 0.6) is 11.5 Å². The third kappa shape index (κ3) is 5.62. The maximum Gasteiger partial charge on any atom is 0.343 e. The molecule has 2 aromatic rings. The molecule has 5 nitrogen and oxygen atoms in total. The number of quaternary nitrogens is 1. The molecule has 5 heteroatoms. The van der Waals surface area contributed by atoms with Gasteiger partial charge >= 0.3 is 5.97 Å². The van der Waals surface area contributed by atoms with Crippen LogP contribution < -0.4 is 14.4 Å². The van der Waals surface area contributed by atoms with E-state index in [4.69, 9.17) is 14.2 Å². The number of hydrogen-bond donors (Lipinski definition) is 1. The van der Waals surface area contributed by atoms with E-state index in [9.17, 15) is 4.79 Å². The predicted octanol–water partition coefficient (Wildman–Crippen LogP) is 1.18. The summed E-state index contributed by atoms with van der Waals surface area (Å²) in [6.45, 7) is 4.34. The number of carbonyl (C=O) groups excluding carboxylic acids is 1. The van der Waals surface area contributed by atoms with E-state index in [1.807, 2.05) is 6.07 Å². The summed E-state index contributed by atoms with van der Waals surface area (Å²) in [5, 5.41) is 0. The number of benzene rings is 2. The van der Waals surface area contributed by atoms with E-state index in [0.29, 0.717) is 17.1 Å². The molecule has 0 aliphatic carbocycles. The first kappa shape index (κ1) is 19.5. The van der Waals surface area contributed by atoms with Crippen LogP contribution in [-0.4, -0.2) is 45.9 Å². The van der Waals surface area contributed by atoms with Crippen LogP contribution in [0.2, 0.25) is 0 Å². The molecule has 1 aliphatic rings. The highest BCUT2D eigenvalue weighted by Gasteiger charge is 2.12. The summed E-state index contributed by atoms with van der Waals surface area (Å²) in [4.78, 5) is 13.6. The molecule has 0 unspecified atom stereocenters. The maximum absolute atomic E-state index is 12.2. The normalized spacial score (nSPS) is 13.5. The fourth-order valence-electron chi connectivity index (χ4n) is 2.72. The lowest BCUT2D eigenvalue weighted by molar-refractivity contribution is -0.900. The second kappa shape index (κ2) is 10.2. The van der Waals surface area contributed by atoms with Gasteiger partial charge in [-0.05, 0) is 48.1 Å². The van der Waals surface area contributed by atoms with E-state index in [1.165, 1.54) is 12.0 Å². The van der Waals surface area contributed by atoms with Crippen LogP contribution in [0.4, 0.5) is 0 Å². The van der Waals surface area contributed by atoms with Crippen molar-refractivity contribution in [1.82, 2.24) is 0 Å². The zero-order chi connectivity index (χ0) is 19.6. The lowest BCUT2D eigenvalue weighted by atomic mass is 10.2. The predicted molar refractivity (Wildman–Crippen MR) is 105 cm³/mol. The number of nitrogens with one attached hydrogen (secondary N) is 1. The molecule has 0 atom stereocenters. The van der Waals surface area contributed by atoms with Gasteiger partial charge in [0, 0.05) is 5.56 Å². The zero-order valence-electron chi connectivity index (χ0n) is 15.8. The standard InChI is InChI=1S/C23H21NO4/c1-26-22-18-19(8-4-3-7-13-24-14-16-27-17-15-24)11-12-21(22)28-23(25)20-9-5-2-6-10-20/h2,5-6,9-12,18H,13-17H2,1H3/p+1. The summed E-state index contributed by atoms with van der Waals surface area (Å²) >= 11 is 0. The number of rotatable bonds is 4. The molecular formula is C23H22NO4+. The number of methoxy groups -OCH3 is 1. The summed E-state index contributed by atoms with van der Waals surface area (Å²) in [7, 11) is 1.53. The first-order valence-corrected chi connectivity index (χ1v) is 9.12. The first-order valence-electron chi connectivity index (χ1n) is 9.12. The maximum atomic E-state index is 12.2. The van der Waals surface area contributed by atoms with Gasteiger partial charge in [-0.3, -0.25) is 0 Å². The third-order valence-electron chi connectivity index (χ3n) is 4.27. The number of morpholine rings is 1. The molecule has 0 bridgehead atoms. The molecule has 0 aromatic heterocycles. The Morgan fingerprint density at radius 2 is 1.86 bits per heavy atom. The molecule has 0 spiro atoms. The largest absolute Gasteiger partial charge is 0.493 e. The fraction of sp³-hybridized carbons (Fsp3) is 0.261. The molecule has 0 radical (unpaired) electrons. The van der Waals surface area contributed by atoms with Crippen molar-refractivity contribution >= 4 is 5.97 Å². The lowest BCUT2D eigenvalue weighted by Gasteiger charge is -2.21. The number of hydrogen-bond acceptors (Lipinski definition) is 4. The molecule has 1 heterocycles. The SMILES string of the molecule is COc1cc(C#CC#CC[NH+]2CCOCC2)ccc1OC(=O)c1ccccc1. The van der Waals surface area contributed by atoms with Crippen molar-refractivity contribution < 1.29 is 23.9 Å². The second-order valence-electron chi connectivity index (χ2n) is 6.21. The molecule has 0 amide bonds. The van der Waals surface area contributed by atoms with Gasteiger partial charge in [0.2, 0.25) is 0 Å². The highest BCUT2D eigenvalue weighted by atomic mass is 16.6. The van der Waals surface area contributed by atoms with Crippen LogP contribution in [0.3, 0.4) is 0 Å². The molecule has 1 saturated heterocycles. The highest BCUT2D eigenvalue weighted by Crippen LogP contribution is 2.28. The molecule has 2 aromatic carbocycles. The van der Waals surface area contributed by atoms with Crippen molar-refractivity contribution in [2.45, 2.75) is 0 Å². The van der Waals surface area contributed by atoms with Gasteiger partial charge in [0.1, 0.15) is 19.6 Å². The van der Waals surface area contributed by atoms with Crippen molar-refractivity contribution in [3.05, 3.63) is 59.7 Å². The smallest absolute Gasteiger partial charge is 0.343 e. The quantitative estimate of drug-likeness (QED) is 0.495. The van der Waals surface area contributed by atoms with E-state index in [1.54, 1.807) is 42.5 Å². The van der Waals surface area contributed by atoms with Gasteiger partial charge in [-0.15, -0.1) is 0 Å². The van der Waals surface area contributed by atoms with Crippen LogP contribution in [0.15, 0.2) is 48.5 Å². The molecule has 1 aliphatic heterocycles. The Balaban J connectivity index is 1.62. The molecule has 0 saturated carbocycles. The number of carbonyl (C=O) groups is 1.